The molecule has 1 fully saturated rings. The van der Waals surface area contributed by atoms with Gasteiger partial charge in [0, 0.05) is 25.3 Å². The number of likely N-dealkylation sites (tertiary alicyclic amines) is 1. The van der Waals surface area contributed by atoms with Crippen molar-refractivity contribution in [1.29, 1.82) is 0 Å². The highest BCUT2D eigenvalue weighted by molar-refractivity contribution is 6.32. The molecule has 2 heterocycles. The molecule has 1 aliphatic heterocycles. The quantitative estimate of drug-likeness (QED) is 0.768. The Balaban J connectivity index is 2.02. The number of nitrogens with zero attached hydrogens (tertiary/aromatic N) is 3. The molecule has 18 heavy (non-hydrogen) atoms. The molecule has 5 heteroatoms. The van der Waals surface area contributed by atoms with Gasteiger partial charge in [0.2, 0.25) is 0 Å². The first-order chi connectivity index (χ1) is 8.59. The van der Waals surface area contributed by atoms with Crippen LogP contribution in [0.15, 0.2) is 18.3 Å². The highest BCUT2D eigenvalue weighted by Gasteiger charge is 2.25. The number of halogens is 1. The minimum Gasteiger partial charge on any atom is -0.338 e. The van der Waals surface area contributed by atoms with E-state index in [4.69, 9.17) is 11.6 Å². The standard InChI is InChI=1S/C13H18ClN3O/c1-16(2)10-5-8-17(9-6-10)13(18)11-4-3-7-15-12(11)14/h3-4,7,10H,5-6,8-9H2,1-2H3. The Morgan fingerprint density at radius 2 is 2.11 bits per heavy atom. The zero-order valence-electron chi connectivity index (χ0n) is 10.8. The van der Waals surface area contributed by atoms with Crippen molar-refractivity contribution in [2.45, 2.75) is 18.9 Å². The molecule has 0 radical (unpaired) electrons. The lowest BCUT2D eigenvalue weighted by Crippen LogP contribution is -2.44. The predicted octanol–water partition coefficient (Wildman–Crippen LogP) is 1.90. The van der Waals surface area contributed by atoms with Gasteiger partial charge in [0.15, 0.2) is 0 Å². The third-order valence-corrected chi connectivity index (χ3v) is 3.77. The van der Waals surface area contributed by atoms with Crippen molar-refractivity contribution >= 4 is 17.5 Å². The van der Waals surface area contributed by atoms with Crippen LogP contribution in [0.25, 0.3) is 0 Å². The predicted molar refractivity (Wildman–Crippen MR) is 71.9 cm³/mol. The highest BCUT2D eigenvalue weighted by Crippen LogP contribution is 2.19. The number of rotatable bonds is 2. The average molecular weight is 268 g/mol. The molecule has 0 spiro atoms. The smallest absolute Gasteiger partial charge is 0.256 e. The Bertz CT molecular complexity index is 428. The highest BCUT2D eigenvalue weighted by atomic mass is 35.5. The van der Waals surface area contributed by atoms with Crippen molar-refractivity contribution in [3.05, 3.63) is 29.0 Å². The van der Waals surface area contributed by atoms with Gasteiger partial charge in [-0.1, -0.05) is 11.6 Å². The topological polar surface area (TPSA) is 36.4 Å². The number of amides is 1. The maximum absolute atomic E-state index is 12.3. The van der Waals surface area contributed by atoms with E-state index in [1.165, 1.54) is 0 Å². The van der Waals surface area contributed by atoms with Crippen molar-refractivity contribution in [2.24, 2.45) is 0 Å². The van der Waals surface area contributed by atoms with E-state index in [9.17, 15) is 4.79 Å². The number of hydrogen-bond donors (Lipinski definition) is 0. The van der Waals surface area contributed by atoms with E-state index in [0.717, 1.165) is 25.9 Å². The first-order valence-corrected chi connectivity index (χ1v) is 6.53. The van der Waals surface area contributed by atoms with E-state index >= 15 is 0 Å². The summed E-state index contributed by atoms with van der Waals surface area (Å²) in [5.41, 5.74) is 0.502. The van der Waals surface area contributed by atoms with Gasteiger partial charge in [-0.25, -0.2) is 4.98 Å². The first-order valence-electron chi connectivity index (χ1n) is 6.16. The summed E-state index contributed by atoms with van der Waals surface area (Å²) in [5, 5.41) is 0.289. The number of aromatic nitrogens is 1. The van der Waals surface area contributed by atoms with Crippen LogP contribution in [0.5, 0.6) is 0 Å². The first kappa shape index (κ1) is 13.3. The summed E-state index contributed by atoms with van der Waals surface area (Å²) in [7, 11) is 4.17. The van der Waals surface area contributed by atoms with E-state index in [1.54, 1.807) is 18.3 Å². The molecule has 1 aromatic heterocycles. The van der Waals surface area contributed by atoms with Gasteiger partial charge >= 0.3 is 0 Å². The fraction of sp³-hybridized carbons (Fsp3) is 0.538. The minimum atomic E-state index is -0.00898. The van der Waals surface area contributed by atoms with Gasteiger partial charge in [-0.15, -0.1) is 0 Å². The van der Waals surface area contributed by atoms with E-state index in [2.05, 4.69) is 24.0 Å². The average Bonchev–Trinajstić information content (AvgIpc) is 2.38. The van der Waals surface area contributed by atoms with E-state index in [0.29, 0.717) is 11.6 Å². The maximum atomic E-state index is 12.3. The maximum Gasteiger partial charge on any atom is 0.256 e. The van der Waals surface area contributed by atoms with Crippen LogP contribution in [0, 0.1) is 0 Å². The number of piperidine rings is 1. The van der Waals surface area contributed by atoms with Gasteiger partial charge in [-0.2, -0.15) is 0 Å². The van der Waals surface area contributed by atoms with Crippen LogP contribution in [-0.4, -0.2) is 53.9 Å². The van der Waals surface area contributed by atoms with Crippen molar-refractivity contribution in [3.8, 4) is 0 Å². The third kappa shape index (κ3) is 2.82. The van der Waals surface area contributed by atoms with Gasteiger partial charge in [0.1, 0.15) is 5.15 Å². The second-order valence-electron chi connectivity index (χ2n) is 4.83. The van der Waals surface area contributed by atoms with Crippen LogP contribution in [0.4, 0.5) is 0 Å². The Labute approximate surface area is 113 Å². The SMILES string of the molecule is CN(C)C1CCN(C(=O)c2cccnc2Cl)CC1. The van der Waals surface area contributed by atoms with Gasteiger partial charge in [-0.05, 0) is 39.1 Å². The molecule has 0 bridgehead atoms. The van der Waals surface area contributed by atoms with Gasteiger partial charge < -0.3 is 9.80 Å². The molecule has 1 aromatic rings. The Morgan fingerprint density at radius 3 is 2.67 bits per heavy atom. The molecule has 0 aliphatic carbocycles. The number of pyridine rings is 1. The monoisotopic (exact) mass is 267 g/mol. The van der Waals surface area contributed by atoms with Crippen molar-refractivity contribution in [1.82, 2.24) is 14.8 Å². The summed E-state index contributed by atoms with van der Waals surface area (Å²) in [5.74, 6) is -0.00898. The Morgan fingerprint density at radius 1 is 1.44 bits per heavy atom. The van der Waals surface area contributed by atoms with Crippen molar-refractivity contribution < 1.29 is 4.79 Å². The second kappa shape index (κ2) is 5.67. The number of hydrogen-bond acceptors (Lipinski definition) is 3. The zero-order valence-corrected chi connectivity index (χ0v) is 11.5. The third-order valence-electron chi connectivity index (χ3n) is 3.47. The van der Waals surface area contributed by atoms with Crippen LogP contribution in [0.3, 0.4) is 0 Å². The lowest BCUT2D eigenvalue weighted by molar-refractivity contribution is 0.0663. The molecule has 2 rings (SSSR count). The zero-order chi connectivity index (χ0) is 13.1. The molecule has 1 saturated heterocycles. The van der Waals surface area contributed by atoms with Crippen molar-refractivity contribution in [3.63, 3.8) is 0 Å². The van der Waals surface area contributed by atoms with E-state index < -0.39 is 0 Å². The van der Waals surface area contributed by atoms with Gasteiger partial charge in [-0.3, -0.25) is 4.79 Å². The fourth-order valence-electron chi connectivity index (χ4n) is 2.30. The fourth-order valence-corrected chi connectivity index (χ4v) is 2.50. The van der Waals surface area contributed by atoms with E-state index in [1.807, 2.05) is 4.90 Å². The molecular weight excluding hydrogens is 250 g/mol. The minimum absolute atomic E-state index is 0.00898. The molecule has 1 aliphatic rings. The summed E-state index contributed by atoms with van der Waals surface area (Å²) < 4.78 is 0. The molecule has 0 aromatic carbocycles. The lowest BCUT2D eigenvalue weighted by atomic mass is 10.0. The summed E-state index contributed by atoms with van der Waals surface area (Å²) in [6.45, 7) is 1.57. The number of carbonyl (C=O) groups is 1. The van der Waals surface area contributed by atoms with Crippen LogP contribution in [0.1, 0.15) is 23.2 Å². The van der Waals surface area contributed by atoms with E-state index in [-0.39, 0.29) is 11.1 Å². The molecule has 0 atom stereocenters. The summed E-state index contributed by atoms with van der Waals surface area (Å²) in [4.78, 5) is 20.3. The van der Waals surface area contributed by atoms with Crippen LogP contribution < -0.4 is 0 Å². The molecular formula is C13H18ClN3O. The van der Waals surface area contributed by atoms with Crippen LogP contribution >= 0.6 is 11.6 Å². The Hall–Kier alpha value is -1.13. The van der Waals surface area contributed by atoms with Crippen molar-refractivity contribution in [2.75, 3.05) is 27.2 Å². The molecule has 0 N–H and O–H groups in total. The van der Waals surface area contributed by atoms with Gasteiger partial charge in [0.05, 0.1) is 5.56 Å². The lowest BCUT2D eigenvalue weighted by Gasteiger charge is -2.35. The Kier molecular flexibility index (Phi) is 4.19. The normalized spacial score (nSPS) is 17.2. The van der Waals surface area contributed by atoms with Gasteiger partial charge in [0.25, 0.3) is 5.91 Å². The van der Waals surface area contributed by atoms with Crippen LogP contribution in [0.2, 0.25) is 5.15 Å². The molecule has 4 nitrogen and oxygen atoms in total. The second-order valence-corrected chi connectivity index (χ2v) is 5.19. The molecule has 1 amide bonds. The summed E-state index contributed by atoms with van der Waals surface area (Å²) in [6.07, 6.45) is 3.62. The summed E-state index contributed by atoms with van der Waals surface area (Å²) >= 11 is 5.95. The summed E-state index contributed by atoms with van der Waals surface area (Å²) in [6, 6.07) is 4.04. The largest absolute Gasteiger partial charge is 0.338 e. The molecule has 0 saturated carbocycles. The molecule has 98 valence electrons. The number of carbonyl (C=O) groups excluding carboxylic acids is 1. The van der Waals surface area contributed by atoms with Crippen LogP contribution in [-0.2, 0) is 0 Å². The molecule has 0 unspecified atom stereocenters.